The van der Waals surface area contributed by atoms with Crippen LogP contribution >= 0.6 is 0 Å². The van der Waals surface area contributed by atoms with Gasteiger partial charge in [0.15, 0.2) is 22.6 Å². The molecule has 3 rings (SSSR count). The number of carbonyl (C=O) groups excluding carboxylic acids is 1. The Labute approximate surface area is 124 Å². The van der Waals surface area contributed by atoms with E-state index in [1.807, 2.05) is 12.1 Å². The van der Waals surface area contributed by atoms with Gasteiger partial charge in [-0.15, -0.1) is 0 Å². The summed E-state index contributed by atoms with van der Waals surface area (Å²) >= 11 is -1.87. The maximum atomic E-state index is 12.7. The molecule has 0 saturated heterocycles. The van der Waals surface area contributed by atoms with Crippen molar-refractivity contribution in [1.29, 1.82) is 0 Å². The third-order valence-electron chi connectivity index (χ3n) is 3.60. The average Bonchev–Trinajstić information content (AvgIpc) is 3.22. The van der Waals surface area contributed by atoms with Crippen molar-refractivity contribution < 1.29 is 18.1 Å². The number of rotatable bonds is 6. The van der Waals surface area contributed by atoms with Gasteiger partial charge in [0, 0.05) is 11.5 Å². The van der Waals surface area contributed by atoms with Crippen LogP contribution in [0.2, 0.25) is 0 Å². The molecule has 110 valence electrons. The van der Waals surface area contributed by atoms with Gasteiger partial charge in [-0.1, -0.05) is 29.4 Å². The number of nitrogens with zero attached hydrogens (tertiary/aromatic N) is 1. The molecule has 1 fully saturated rings. The standard InChI is InChI=1S/C15H15NO4S/c17-14(13-9-16-20-15(13)11-5-6-11)12-4-2-1-3-10(12)7-8-21(18)19/h1-4,9,11H,5-8H2,(H,18,19). The Morgan fingerprint density at radius 3 is 2.81 bits per heavy atom. The van der Waals surface area contributed by atoms with E-state index in [2.05, 4.69) is 5.16 Å². The smallest absolute Gasteiger partial charge is 0.198 e. The van der Waals surface area contributed by atoms with E-state index >= 15 is 0 Å². The Kier molecular flexibility index (Phi) is 3.98. The summed E-state index contributed by atoms with van der Waals surface area (Å²) in [6.45, 7) is 0. The van der Waals surface area contributed by atoms with Crippen molar-refractivity contribution in [2.75, 3.05) is 5.75 Å². The number of carbonyl (C=O) groups is 1. The minimum atomic E-state index is -1.87. The van der Waals surface area contributed by atoms with E-state index in [1.54, 1.807) is 12.1 Å². The van der Waals surface area contributed by atoms with Crippen LogP contribution < -0.4 is 0 Å². The molecule has 21 heavy (non-hydrogen) atoms. The van der Waals surface area contributed by atoms with Crippen LogP contribution in [0.25, 0.3) is 0 Å². The first-order chi connectivity index (χ1) is 10.2. The zero-order chi connectivity index (χ0) is 14.8. The van der Waals surface area contributed by atoms with E-state index in [1.165, 1.54) is 6.20 Å². The van der Waals surface area contributed by atoms with Gasteiger partial charge in [-0.3, -0.25) is 4.79 Å². The summed E-state index contributed by atoms with van der Waals surface area (Å²) in [6.07, 6.45) is 3.91. The Hall–Kier alpha value is -1.79. The Morgan fingerprint density at radius 2 is 2.10 bits per heavy atom. The van der Waals surface area contributed by atoms with Crippen LogP contribution in [0, 0.1) is 0 Å². The van der Waals surface area contributed by atoms with Gasteiger partial charge in [0.05, 0.1) is 17.5 Å². The van der Waals surface area contributed by atoms with Gasteiger partial charge < -0.3 is 9.08 Å². The molecule has 6 heteroatoms. The van der Waals surface area contributed by atoms with E-state index in [9.17, 15) is 9.00 Å². The van der Waals surface area contributed by atoms with Crippen molar-refractivity contribution in [1.82, 2.24) is 5.16 Å². The predicted molar refractivity (Wildman–Crippen MR) is 77.7 cm³/mol. The maximum absolute atomic E-state index is 12.7. The molecule has 0 spiro atoms. The molecule has 1 heterocycles. The lowest BCUT2D eigenvalue weighted by Crippen LogP contribution is -2.09. The molecule has 2 aromatic rings. The topological polar surface area (TPSA) is 80.4 Å². The van der Waals surface area contributed by atoms with Gasteiger partial charge in [0.25, 0.3) is 0 Å². The van der Waals surface area contributed by atoms with E-state index in [0.29, 0.717) is 29.2 Å². The predicted octanol–water partition coefficient (Wildman–Crippen LogP) is 2.55. The molecule has 5 nitrogen and oxygen atoms in total. The fourth-order valence-corrected chi connectivity index (χ4v) is 2.76. The zero-order valence-corrected chi connectivity index (χ0v) is 12.1. The molecule has 0 bridgehead atoms. The monoisotopic (exact) mass is 305 g/mol. The molecule has 1 aliphatic rings. The summed E-state index contributed by atoms with van der Waals surface area (Å²) in [6, 6.07) is 7.16. The number of hydrogen-bond acceptors (Lipinski definition) is 4. The highest BCUT2D eigenvalue weighted by molar-refractivity contribution is 7.79. The van der Waals surface area contributed by atoms with Crippen LogP contribution in [-0.2, 0) is 17.5 Å². The van der Waals surface area contributed by atoms with Crippen LogP contribution in [0.4, 0.5) is 0 Å². The number of ketones is 1. The van der Waals surface area contributed by atoms with Gasteiger partial charge in [-0.2, -0.15) is 0 Å². The van der Waals surface area contributed by atoms with Gasteiger partial charge >= 0.3 is 0 Å². The molecular weight excluding hydrogens is 290 g/mol. The Morgan fingerprint density at radius 1 is 1.33 bits per heavy atom. The van der Waals surface area contributed by atoms with E-state index in [4.69, 9.17) is 9.08 Å². The first kappa shape index (κ1) is 14.2. The first-order valence-corrected chi connectivity index (χ1v) is 8.09. The van der Waals surface area contributed by atoms with Crippen LogP contribution in [-0.4, -0.2) is 25.5 Å². The van der Waals surface area contributed by atoms with E-state index in [-0.39, 0.29) is 11.5 Å². The molecule has 0 amide bonds. The fourth-order valence-electron chi connectivity index (χ4n) is 2.36. The number of aromatic nitrogens is 1. The second-order valence-electron chi connectivity index (χ2n) is 5.14. The lowest BCUT2D eigenvalue weighted by molar-refractivity contribution is 0.103. The molecule has 1 aliphatic carbocycles. The summed E-state index contributed by atoms with van der Waals surface area (Å²) in [4.78, 5) is 12.7. The van der Waals surface area contributed by atoms with Gasteiger partial charge in [-0.25, -0.2) is 4.21 Å². The van der Waals surface area contributed by atoms with Crippen molar-refractivity contribution in [3.63, 3.8) is 0 Å². The second kappa shape index (κ2) is 5.91. The lowest BCUT2D eigenvalue weighted by Gasteiger charge is -2.07. The lowest BCUT2D eigenvalue weighted by atomic mass is 9.97. The fraction of sp³-hybridized carbons (Fsp3) is 0.333. The quantitative estimate of drug-likeness (QED) is 0.655. The van der Waals surface area contributed by atoms with Crippen LogP contribution in [0.5, 0.6) is 0 Å². The summed E-state index contributed by atoms with van der Waals surface area (Å²) in [5, 5.41) is 3.75. The summed E-state index contributed by atoms with van der Waals surface area (Å²) in [7, 11) is 0. The number of aryl methyl sites for hydroxylation is 1. The largest absolute Gasteiger partial charge is 0.360 e. The minimum Gasteiger partial charge on any atom is -0.360 e. The highest BCUT2D eigenvalue weighted by Gasteiger charge is 2.33. The Bertz CT molecular complexity index is 690. The van der Waals surface area contributed by atoms with Gasteiger partial charge in [-0.05, 0) is 24.8 Å². The van der Waals surface area contributed by atoms with Crippen molar-refractivity contribution in [2.24, 2.45) is 0 Å². The third kappa shape index (κ3) is 3.11. The van der Waals surface area contributed by atoms with E-state index < -0.39 is 11.1 Å². The Balaban J connectivity index is 1.90. The number of benzene rings is 1. The molecule has 0 aliphatic heterocycles. The highest BCUT2D eigenvalue weighted by Crippen LogP contribution is 2.42. The minimum absolute atomic E-state index is 0.114. The van der Waals surface area contributed by atoms with Crippen LogP contribution in [0.3, 0.4) is 0 Å². The summed E-state index contributed by atoms with van der Waals surface area (Å²) < 4.78 is 25.0. The van der Waals surface area contributed by atoms with Gasteiger partial charge in [0.1, 0.15) is 0 Å². The normalized spacial score (nSPS) is 15.9. The van der Waals surface area contributed by atoms with Crippen molar-refractivity contribution >= 4 is 16.9 Å². The molecule has 1 N–H and O–H groups in total. The van der Waals surface area contributed by atoms with Crippen molar-refractivity contribution in [3.05, 3.63) is 52.9 Å². The van der Waals surface area contributed by atoms with Crippen LogP contribution in [0.15, 0.2) is 35.0 Å². The van der Waals surface area contributed by atoms with Crippen molar-refractivity contribution in [3.8, 4) is 0 Å². The highest BCUT2D eigenvalue weighted by atomic mass is 32.2. The van der Waals surface area contributed by atoms with E-state index in [0.717, 1.165) is 18.4 Å². The molecule has 1 unspecified atom stereocenters. The first-order valence-electron chi connectivity index (χ1n) is 6.81. The SMILES string of the molecule is O=C(c1ccccc1CCS(=O)O)c1cnoc1C1CC1. The summed E-state index contributed by atoms with van der Waals surface area (Å²) in [5.41, 5.74) is 1.83. The molecular formula is C15H15NO4S. The molecule has 1 atom stereocenters. The van der Waals surface area contributed by atoms with Crippen molar-refractivity contribution in [2.45, 2.75) is 25.2 Å². The maximum Gasteiger partial charge on any atom is 0.198 e. The zero-order valence-electron chi connectivity index (χ0n) is 11.3. The molecule has 1 aromatic carbocycles. The average molecular weight is 305 g/mol. The third-order valence-corrected chi connectivity index (χ3v) is 4.15. The number of hydrogen-bond donors (Lipinski definition) is 1. The van der Waals surface area contributed by atoms with Crippen LogP contribution in [0.1, 0.15) is 46.0 Å². The molecule has 1 saturated carbocycles. The summed E-state index contributed by atoms with van der Waals surface area (Å²) in [5.74, 6) is 0.963. The van der Waals surface area contributed by atoms with Gasteiger partial charge in [0.2, 0.25) is 0 Å². The molecule has 0 radical (unpaired) electrons. The molecule has 1 aromatic heterocycles. The second-order valence-corrected chi connectivity index (χ2v) is 6.19.